The van der Waals surface area contributed by atoms with Gasteiger partial charge in [-0.3, -0.25) is 9.69 Å². The third kappa shape index (κ3) is 5.17. The molecule has 1 N–H and O–H groups in total. The summed E-state index contributed by atoms with van der Waals surface area (Å²) in [5.74, 6) is 0.739. The summed E-state index contributed by atoms with van der Waals surface area (Å²) >= 11 is 0. The fourth-order valence-electron chi connectivity index (χ4n) is 4.89. The predicted octanol–water partition coefficient (Wildman–Crippen LogP) is 4.81. The number of aromatic amines is 1. The number of anilines is 2. The molecule has 1 amide bonds. The molecule has 6 heteroatoms. The predicted molar refractivity (Wildman–Crippen MR) is 140 cm³/mol. The van der Waals surface area contributed by atoms with Crippen LogP contribution in [0.5, 0.6) is 0 Å². The number of imidazole rings is 1. The second-order valence-electron chi connectivity index (χ2n) is 9.44. The minimum atomic E-state index is -0.0316. The molecule has 1 fully saturated rings. The third-order valence-electron chi connectivity index (χ3n) is 7.00. The fraction of sp³-hybridized carbons (Fsp3) is 0.429. The smallest absolute Gasteiger partial charge is 0.278 e. The van der Waals surface area contributed by atoms with Gasteiger partial charge in [-0.2, -0.15) is 0 Å². The van der Waals surface area contributed by atoms with E-state index >= 15 is 0 Å². The van der Waals surface area contributed by atoms with Gasteiger partial charge in [0.2, 0.25) is 0 Å². The number of H-pyrrole nitrogens is 1. The van der Waals surface area contributed by atoms with Crippen LogP contribution in [0.2, 0.25) is 0 Å². The van der Waals surface area contributed by atoms with Crippen LogP contribution in [-0.2, 0) is 0 Å². The molecule has 2 heterocycles. The van der Waals surface area contributed by atoms with Crippen molar-refractivity contribution in [2.75, 3.05) is 49.1 Å². The Morgan fingerprint density at radius 2 is 1.65 bits per heavy atom. The maximum absolute atomic E-state index is 13.5. The van der Waals surface area contributed by atoms with Gasteiger partial charge >= 0.3 is 0 Å². The molecule has 1 aliphatic heterocycles. The van der Waals surface area contributed by atoms with Crippen LogP contribution in [-0.4, -0.2) is 60.0 Å². The Morgan fingerprint density at radius 1 is 0.941 bits per heavy atom. The van der Waals surface area contributed by atoms with Gasteiger partial charge in [-0.05, 0) is 76.4 Å². The minimum absolute atomic E-state index is 0.0316. The molecule has 3 aromatic rings. The molecule has 180 valence electrons. The molecule has 1 aromatic heterocycles. The number of nitrogens with zero attached hydrogens (tertiary/aromatic N) is 4. The molecule has 1 aliphatic rings. The summed E-state index contributed by atoms with van der Waals surface area (Å²) < 4.78 is 0. The zero-order valence-electron chi connectivity index (χ0n) is 21.2. The first kappa shape index (κ1) is 24.0. The van der Waals surface area contributed by atoms with Crippen LogP contribution in [0.3, 0.4) is 0 Å². The van der Waals surface area contributed by atoms with E-state index in [1.165, 1.54) is 16.8 Å². The van der Waals surface area contributed by atoms with Crippen LogP contribution >= 0.6 is 0 Å². The zero-order valence-corrected chi connectivity index (χ0v) is 21.2. The molecule has 0 saturated carbocycles. The molecule has 0 atom stereocenters. The van der Waals surface area contributed by atoms with Crippen molar-refractivity contribution >= 4 is 17.3 Å². The first-order chi connectivity index (χ1) is 16.3. The first-order valence-electron chi connectivity index (χ1n) is 12.3. The third-order valence-corrected chi connectivity index (χ3v) is 7.00. The lowest BCUT2D eigenvalue weighted by molar-refractivity contribution is 0.0980. The van der Waals surface area contributed by atoms with Gasteiger partial charge in [0.25, 0.3) is 5.91 Å². The number of hydrogen-bond donors (Lipinski definition) is 1. The molecule has 0 unspecified atom stereocenters. The molecule has 34 heavy (non-hydrogen) atoms. The van der Waals surface area contributed by atoms with E-state index < -0.39 is 0 Å². The number of rotatable bonds is 7. The zero-order chi connectivity index (χ0) is 24.2. The Hall–Kier alpha value is -3.12. The highest BCUT2D eigenvalue weighted by molar-refractivity contribution is 6.06. The second-order valence-corrected chi connectivity index (χ2v) is 9.44. The lowest BCUT2D eigenvalue weighted by Gasteiger charge is -2.37. The number of para-hydroxylation sites is 1. The number of carbonyl (C=O) groups excluding carboxylic acids is 1. The first-order valence-corrected chi connectivity index (χ1v) is 12.3. The quantitative estimate of drug-likeness (QED) is 0.551. The van der Waals surface area contributed by atoms with Crippen LogP contribution in [0, 0.1) is 34.6 Å². The Kier molecular flexibility index (Phi) is 7.37. The van der Waals surface area contributed by atoms with Gasteiger partial charge in [-0.25, -0.2) is 4.98 Å². The number of aromatic nitrogens is 2. The molecule has 0 bridgehead atoms. The van der Waals surface area contributed by atoms with E-state index in [4.69, 9.17) is 0 Å². The second kappa shape index (κ2) is 10.4. The molecule has 4 rings (SSSR count). The number of carbonyl (C=O) groups is 1. The Balaban J connectivity index is 1.39. The monoisotopic (exact) mass is 459 g/mol. The highest BCUT2D eigenvalue weighted by atomic mass is 16.2. The summed E-state index contributed by atoms with van der Waals surface area (Å²) in [5.41, 5.74) is 7.50. The average Bonchev–Trinajstić information content (AvgIpc) is 3.17. The normalized spacial score (nSPS) is 14.4. The van der Waals surface area contributed by atoms with Gasteiger partial charge in [0.1, 0.15) is 11.5 Å². The van der Waals surface area contributed by atoms with E-state index in [1.807, 2.05) is 36.9 Å². The number of piperazine rings is 1. The number of nitrogens with one attached hydrogen (secondary N) is 1. The van der Waals surface area contributed by atoms with Gasteiger partial charge < -0.3 is 14.8 Å². The SMILES string of the molecule is Cc1nc(C(=O)N(CCCN2CCN(c3cccc(C)c3C)CC2)c2ccccc2C)c(C)[nH]1. The summed E-state index contributed by atoms with van der Waals surface area (Å²) in [5, 5.41) is 0. The largest absolute Gasteiger partial charge is 0.369 e. The van der Waals surface area contributed by atoms with Gasteiger partial charge in [0.05, 0.1) is 0 Å². The van der Waals surface area contributed by atoms with Gasteiger partial charge in [0.15, 0.2) is 0 Å². The molecule has 0 aliphatic carbocycles. The molecule has 0 spiro atoms. The lowest BCUT2D eigenvalue weighted by Crippen LogP contribution is -2.47. The Labute approximate surface area is 203 Å². The molecule has 6 nitrogen and oxygen atoms in total. The number of hydrogen-bond acceptors (Lipinski definition) is 4. The van der Waals surface area contributed by atoms with Crippen molar-refractivity contribution in [1.29, 1.82) is 0 Å². The standard InChI is InChI=1S/C28H37N5O/c1-20-11-8-13-26(22(20)3)32-18-16-31(17-19-32)14-9-15-33(25-12-7-6-10-21(25)2)28(34)27-23(4)29-24(5)30-27/h6-8,10-13H,9,14-19H2,1-5H3,(H,29,30). The molecule has 2 aromatic carbocycles. The maximum Gasteiger partial charge on any atom is 0.278 e. The van der Waals surface area contributed by atoms with Gasteiger partial charge in [-0.15, -0.1) is 0 Å². The van der Waals surface area contributed by atoms with Gasteiger partial charge in [0, 0.05) is 49.8 Å². The van der Waals surface area contributed by atoms with Crippen LogP contribution in [0.4, 0.5) is 11.4 Å². The summed E-state index contributed by atoms with van der Waals surface area (Å²) in [6.07, 6.45) is 0.923. The van der Waals surface area contributed by atoms with Crippen LogP contribution in [0.15, 0.2) is 42.5 Å². The minimum Gasteiger partial charge on any atom is -0.369 e. The molecular weight excluding hydrogens is 422 g/mol. The van der Waals surface area contributed by atoms with Crippen LogP contribution in [0.25, 0.3) is 0 Å². The Morgan fingerprint density at radius 3 is 2.32 bits per heavy atom. The van der Waals surface area contributed by atoms with Crippen molar-refractivity contribution in [2.24, 2.45) is 0 Å². The van der Waals surface area contributed by atoms with Gasteiger partial charge in [-0.1, -0.05) is 30.3 Å². The average molecular weight is 460 g/mol. The van der Waals surface area contributed by atoms with E-state index in [0.717, 1.165) is 61.9 Å². The summed E-state index contributed by atoms with van der Waals surface area (Å²) in [6, 6.07) is 14.7. The van der Waals surface area contributed by atoms with E-state index in [2.05, 4.69) is 64.8 Å². The topological polar surface area (TPSA) is 55.5 Å². The van der Waals surface area contributed by atoms with Crippen molar-refractivity contribution in [3.8, 4) is 0 Å². The fourth-order valence-corrected chi connectivity index (χ4v) is 4.89. The van der Waals surface area contributed by atoms with Crippen molar-refractivity contribution < 1.29 is 4.79 Å². The van der Waals surface area contributed by atoms with Crippen molar-refractivity contribution in [1.82, 2.24) is 14.9 Å². The van der Waals surface area contributed by atoms with Crippen LogP contribution < -0.4 is 9.80 Å². The summed E-state index contributed by atoms with van der Waals surface area (Å²) in [6.45, 7) is 16.1. The van der Waals surface area contributed by atoms with Crippen molar-refractivity contribution in [3.05, 3.63) is 76.4 Å². The lowest BCUT2D eigenvalue weighted by atomic mass is 10.1. The van der Waals surface area contributed by atoms with Crippen molar-refractivity contribution in [3.63, 3.8) is 0 Å². The highest BCUT2D eigenvalue weighted by Gasteiger charge is 2.24. The summed E-state index contributed by atoms with van der Waals surface area (Å²) in [4.78, 5) is 28.1. The van der Waals surface area contributed by atoms with E-state index in [-0.39, 0.29) is 5.91 Å². The maximum atomic E-state index is 13.5. The van der Waals surface area contributed by atoms with E-state index in [0.29, 0.717) is 12.2 Å². The number of aryl methyl sites for hydroxylation is 4. The number of amides is 1. The highest BCUT2D eigenvalue weighted by Crippen LogP contribution is 2.25. The number of benzene rings is 2. The molecule has 1 saturated heterocycles. The molecular formula is C28H37N5O. The van der Waals surface area contributed by atoms with E-state index in [9.17, 15) is 4.79 Å². The van der Waals surface area contributed by atoms with Crippen LogP contribution in [0.1, 0.15) is 45.1 Å². The van der Waals surface area contributed by atoms with E-state index in [1.54, 1.807) is 0 Å². The Bertz CT molecular complexity index is 1140. The van der Waals surface area contributed by atoms with Crippen molar-refractivity contribution in [2.45, 2.75) is 41.0 Å². The molecule has 0 radical (unpaired) electrons. The summed E-state index contributed by atoms with van der Waals surface area (Å²) in [7, 11) is 0.